The van der Waals surface area contributed by atoms with Crippen LogP contribution in [0.25, 0.3) is 0 Å². The van der Waals surface area contributed by atoms with Crippen LogP contribution in [0.4, 0.5) is 11.4 Å². The summed E-state index contributed by atoms with van der Waals surface area (Å²) in [7, 11) is 0. The van der Waals surface area contributed by atoms with Gasteiger partial charge in [-0.05, 0) is 49.2 Å². The van der Waals surface area contributed by atoms with Crippen molar-refractivity contribution in [3.8, 4) is 5.75 Å². The molecule has 2 aliphatic heterocycles. The lowest BCUT2D eigenvalue weighted by Gasteiger charge is -2.29. The molecule has 2 atom stereocenters. The third-order valence-electron chi connectivity index (χ3n) is 5.80. The number of hydrogen-bond donors (Lipinski definition) is 1. The number of hydrogen-bond acceptors (Lipinski definition) is 6. The number of para-hydroxylation sites is 1. The first-order valence-electron chi connectivity index (χ1n) is 11.3. The van der Waals surface area contributed by atoms with E-state index in [4.69, 9.17) is 9.47 Å². The van der Waals surface area contributed by atoms with Gasteiger partial charge in [-0.3, -0.25) is 19.2 Å². The molecule has 9 nitrogen and oxygen atoms in total. The SMILES string of the molecule is CC(=O)Nc1ccc(N2C(=O)CC(N(CC3CCCO3)C(=O)COc3ccccc3)C2=O)cc1. The number of nitrogens with zero attached hydrogens (tertiary/aromatic N) is 2. The molecule has 0 aliphatic carbocycles. The third kappa shape index (κ3) is 5.43. The average Bonchev–Trinajstić information content (AvgIpc) is 3.44. The van der Waals surface area contributed by atoms with Gasteiger partial charge < -0.3 is 19.7 Å². The molecule has 0 spiro atoms. The van der Waals surface area contributed by atoms with E-state index >= 15 is 0 Å². The van der Waals surface area contributed by atoms with E-state index in [9.17, 15) is 19.2 Å². The number of carbonyl (C=O) groups excluding carboxylic acids is 4. The highest BCUT2D eigenvalue weighted by Crippen LogP contribution is 2.28. The van der Waals surface area contributed by atoms with Crippen molar-refractivity contribution >= 4 is 35.0 Å². The number of carbonyl (C=O) groups is 4. The first kappa shape index (κ1) is 23.4. The summed E-state index contributed by atoms with van der Waals surface area (Å²) in [6, 6.07) is 14.4. The summed E-state index contributed by atoms with van der Waals surface area (Å²) in [4.78, 5) is 53.1. The highest BCUT2D eigenvalue weighted by Gasteiger charge is 2.45. The van der Waals surface area contributed by atoms with Crippen molar-refractivity contribution in [3.63, 3.8) is 0 Å². The van der Waals surface area contributed by atoms with E-state index in [1.807, 2.05) is 6.07 Å². The normalized spacial score (nSPS) is 19.9. The summed E-state index contributed by atoms with van der Waals surface area (Å²) < 4.78 is 11.3. The fourth-order valence-electron chi connectivity index (χ4n) is 4.18. The Morgan fingerprint density at radius 1 is 1.12 bits per heavy atom. The quantitative estimate of drug-likeness (QED) is 0.600. The lowest BCUT2D eigenvalue weighted by molar-refractivity contribution is -0.141. The third-order valence-corrected chi connectivity index (χ3v) is 5.80. The molecule has 4 rings (SSSR count). The van der Waals surface area contributed by atoms with Crippen LogP contribution in [0, 0.1) is 0 Å². The van der Waals surface area contributed by atoms with Gasteiger partial charge in [-0.1, -0.05) is 18.2 Å². The van der Waals surface area contributed by atoms with Gasteiger partial charge in [-0.15, -0.1) is 0 Å². The fourth-order valence-corrected chi connectivity index (χ4v) is 4.18. The first-order chi connectivity index (χ1) is 16.4. The van der Waals surface area contributed by atoms with Crippen molar-refractivity contribution in [3.05, 3.63) is 54.6 Å². The monoisotopic (exact) mass is 465 g/mol. The minimum Gasteiger partial charge on any atom is -0.484 e. The zero-order valence-electron chi connectivity index (χ0n) is 18.9. The summed E-state index contributed by atoms with van der Waals surface area (Å²) in [6.45, 7) is 1.97. The molecule has 0 saturated carbocycles. The van der Waals surface area contributed by atoms with Gasteiger partial charge in [0.15, 0.2) is 6.61 Å². The maximum atomic E-state index is 13.3. The average molecular weight is 466 g/mol. The second kappa shape index (κ2) is 10.5. The predicted octanol–water partition coefficient (Wildman–Crippen LogP) is 2.36. The molecule has 2 aliphatic rings. The number of imide groups is 1. The van der Waals surface area contributed by atoms with E-state index in [0.717, 1.165) is 17.7 Å². The van der Waals surface area contributed by atoms with Gasteiger partial charge in [0.1, 0.15) is 11.8 Å². The molecule has 2 saturated heterocycles. The molecule has 0 radical (unpaired) electrons. The topological polar surface area (TPSA) is 105 Å². The lowest BCUT2D eigenvalue weighted by Crippen LogP contribution is -2.50. The van der Waals surface area contributed by atoms with Crippen molar-refractivity contribution in [1.29, 1.82) is 0 Å². The summed E-state index contributed by atoms with van der Waals surface area (Å²) in [6.07, 6.45) is 1.37. The van der Waals surface area contributed by atoms with Crippen LogP contribution in [0.5, 0.6) is 5.75 Å². The van der Waals surface area contributed by atoms with E-state index in [1.54, 1.807) is 48.5 Å². The van der Waals surface area contributed by atoms with Gasteiger partial charge in [0.25, 0.3) is 11.8 Å². The summed E-state index contributed by atoms with van der Waals surface area (Å²) in [5.41, 5.74) is 0.941. The molecular formula is C25H27N3O6. The van der Waals surface area contributed by atoms with Gasteiger partial charge >= 0.3 is 0 Å². The molecule has 0 bridgehead atoms. The molecule has 178 valence electrons. The van der Waals surface area contributed by atoms with E-state index in [2.05, 4.69) is 5.32 Å². The van der Waals surface area contributed by atoms with Crippen molar-refractivity contribution in [2.75, 3.05) is 30.0 Å². The smallest absolute Gasteiger partial charge is 0.261 e. The molecule has 9 heteroatoms. The van der Waals surface area contributed by atoms with Crippen molar-refractivity contribution in [1.82, 2.24) is 4.90 Å². The zero-order chi connectivity index (χ0) is 24.1. The van der Waals surface area contributed by atoms with Gasteiger partial charge in [0, 0.05) is 25.8 Å². The van der Waals surface area contributed by atoms with Crippen molar-refractivity contribution < 1.29 is 28.7 Å². The molecule has 2 aromatic carbocycles. The highest BCUT2D eigenvalue weighted by molar-refractivity contribution is 6.23. The Bertz CT molecular complexity index is 1050. The summed E-state index contributed by atoms with van der Waals surface area (Å²) in [5.74, 6) is -0.919. The van der Waals surface area contributed by atoms with E-state index in [-0.39, 0.29) is 37.5 Å². The first-order valence-corrected chi connectivity index (χ1v) is 11.3. The Kier molecular flexibility index (Phi) is 7.22. The van der Waals surface area contributed by atoms with Gasteiger partial charge in [0.05, 0.1) is 18.2 Å². The molecule has 2 aromatic rings. The molecule has 34 heavy (non-hydrogen) atoms. The summed E-state index contributed by atoms with van der Waals surface area (Å²) >= 11 is 0. The Labute approximate surface area is 197 Å². The number of nitrogens with one attached hydrogen (secondary N) is 1. The van der Waals surface area contributed by atoms with Crippen LogP contribution in [0.1, 0.15) is 26.2 Å². The number of amides is 4. The van der Waals surface area contributed by atoms with Crippen LogP contribution in [0.15, 0.2) is 54.6 Å². The second-order valence-corrected chi connectivity index (χ2v) is 8.30. The number of ether oxygens (including phenoxy) is 2. The second-order valence-electron chi connectivity index (χ2n) is 8.30. The Hall–Kier alpha value is -3.72. The van der Waals surface area contributed by atoms with Crippen molar-refractivity contribution in [2.24, 2.45) is 0 Å². The lowest BCUT2D eigenvalue weighted by atomic mass is 10.1. The standard InChI is InChI=1S/C25H27N3O6/c1-17(29)26-18-9-11-19(12-10-18)28-23(30)14-22(25(28)32)27(15-21-8-5-13-33-21)24(31)16-34-20-6-3-2-4-7-20/h2-4,6-7,9-12,21-22H,5,8,13-16H2,1H3,(H,26,29). The number of anilines is 2. The molecule has 2 fully saturated rings. The van der Waals surface area contributed by atoms with Crippen LogP contribution in [-0.4, -0.2) is 60.4 Å². The number of benzene rings is 2. The predicted molar refractivity (Wildman–Crippen MR) is 124 cm³/mol. The molecule has 4 amide bonds. The molecule has 2 unspecified atom stereocenters. The molecule has 0 aromatic heterocycles. The van der Waals surface area contributed by atoms with Crippen LogP contribution < -0.4 is 15.0 Å². The van der Waals surface area contributed by atoms with Crippen LogP contribution in [0.3, 0.4) is 0 Å². The minimum atomic E-state index is -0.932. The maximum absolute atomic E-state index is 13.3. The van der Waals surface area contributed by atoms with Gasteiger partial charge in [-0.25, -0.2) is 4.90 Å². The largest absolute Gasteiger partial charge is 0.484 e. The van der Waals surface area contributed by atoms with E-state index < -0.39 is 17.9 Å². The maximum Gasteiger partial charge on any atom is 0.261 e. The minimum absolute atomic E-state index is 0.115. The molecule has 2 heterocycles. The summed E-state index contributed by atoms with van der Waals surface area (Å²) in [5, 5.41) is 2.65. The Morgan fingerprint density at radius 3 is 2.50 bits per heavy atom. The van der Waals surface area contributed by atoms with Crippen LogP contribution in [-0.2, 0) is 23.9 Å². The van der Waals surface area contributed by atoms with Gasteiger partial charge in [0.2, 0.25) is 11.8 Å². The van der Waals surface area contributed by atoms with Crippen LogP contribution >= 0.6 is 0 Å². The van der Waals surface area contributed by atoms with E-state index in [0.29, 0.717) is 23.7 Å². The van der Waals surface area contributed by atoms with Crippen LogP contribution in [0.2, 0.25) is 0 Å². The zero-order valence-corrected chi connectivity index (χ0v) is 18.9. The Morgan fingerprint density at radius 2 is 1.85 bits per heavy atom. The fraction of sp³-hybridized carbons (Fsp3) is 0.360. The highest BCUT2D eigenvalue weighted by atomic mass is 16.5. The van der Waals surface area contributed by atoms with Gasteiger partial charge in [-0.2, -0.15) is 0 Å². The van der Waals surface area contributed by atoms with E-state index in [1.165, 1.54) is 11.8 Å². The number of rotatable bonds is 8. The van der Waals surface area contributed by atoms with Crippen molar-refractivity contribution in [2.45, 2.75) is 38.3 Å². The molecular weight excluding hydrogens is 438 g/mol. The Balaban J connectivity index is 1.51. The molecule has 1 N–H and O–H groups in total.